The summed E-state index contributed by atoms with van der Waals surface area (Å²) in [5, 5.41) is 0. The highest BCUT2D eigenvalue weighted by Gasteiger charge is 2.15. The molecule has 1 rings (SSSR count). The van der Waals surface area contributed by atoms with E-state index in [1.165, 1.54) is 29.4 Å². The zero-order valence-corrected chi connectivity index (χ0v) is 18.8. The smallest absolute Gasteiger partial charge is 0.333 e. The lowest BCUT2D eigenvalue weighted by molar-refractivity contribution is -0.136. The third-order valence-electron chi connectivity index (χ3n) is 5.52. The first-order chi connectivity index (χ1) is 13.3. The third-order valence-corrected chi connectivity index (χ3v) is 5.52. The summed E-state index contributed by atoms with van der Waals surface area (Å²) >= 11 is 0. The molecule has 1 atom stereocenters. The molecular weight excluding hydrogens is 344 g/mol. The van der Waals surface area contributed by atoms with Gasteiger partial charge in [0.05, 0.1) is 7.11 Å². The maximum atomic E-state index is 12.2. The van der Waals surface area contributed by atoms with E-state index in [1.54, 1.807) is 0 Å². The molecule has 1 aliphatic rings. The van der Waals surface area contributed by atoms with Gasteiger partial charge in [-0.2, -0.15) is 0 Å². The van der Waals surface area contributed by atoms with Crippen LogP contribution in [0.25, 0.3) is 0 Å². The summed E-state index contributed by atoms with van der Waals surface area (Å²) in [4.78, 5) is 12.2. The van der Waals surface area contributed by atoms with Crippen LogP contribution in [0.2, 0.25) is 0 Å². The summed E-state index contributed by atoms with van der Waals surface area (Å²) in [6, 6.07) is 0. The lowest BCUT2D eigenvalue weighted by Crippen LogP contribution is -2.08. The van der Waals surface area contributed by atoms with Crippen molar-refractivity contribution in [1.29, 1.82) is 0 Å². The molecule has 0 aliphatic heterocycles. The molecule has 1 unspecified atom stereocenters. The van der Waals surface area contributed by atoms with Crippen LogP contribution < -0.4 is 0 Å². The van der Waals surface area contributed by atoms with Crippen molar-refractivity contribution < 1.29 is 9.53 Å². The van der Waals surface area contributed by atoms with E-state index in [1.807, 2.05) is 0 Å². The Balaban J connectivity index is 2.99. The number of carbonyl (C=O) groups is 1. The van der Waals surface area contributed by atoms with Gasteiger partial charge in [-0.05, 0) is 91.4 Å². The van der Waals surface area contributed by atoms with Crippen LogP contribution in [0.3, 0.4) is 0 Å². The Labute approximate surface area is 173 Å². The lowest BCUT2D eigenvalue weighted by atomic mass is 9.86. The number of carbonyl (C=O) groups excluding carboxylic acids is 1. The van der Waals surface area contributed by atoms with E-state index < -0.39 is 0 Å². The molecule has 2 heteroatoms. The highest BCUT2D eigenvalue weighted by molar-refractivity contribution is 5.88. The number of ether oxygens (including phenoxy) is 1. The maximum absolute atomic E-state index is 12.2. The molecule has 0 amide bonds. The second-order valence-corrected chi connectivity index (χ2v) is 8.35. The zero-order valence-electron chi connectivity index (χ0n) is 18.8. The van der Waals surface area contributed by atoms with Gasteiger partial charge in [0.15, 0.2) is 0 Å². The first-order valence-electron chi connectivity index (χ1n) is 10.7. The summed E-state index contributed by atoms with van der Waals surface area (Å²) in [6.07, 6.45) is 18.0. The fourth-order valence-corrected chi connectivity index (χ4v) is 3.57. The molecule has 0 aromatic rings. The van der Waals surface area contributed by atoms with Crippen molar-refractivity contribution in [3.63, 3.8) is 0 Å². The van der Waals surface area contributed by atoms with E-state index in [-0.39, 0.29) is 5.97 Å². The van der Waals surface area contributed by atoms with Gasteiger partial charge in [-0.15, -0.1) is 0 Å². The van der Waals surface area contributed by atoms with Gasteiger partial charge in [0, 0.05) is 5.57 Å². The van der Waals surface area contributed by atoms with Gasteiger partial charge < -0.3 is 4.74 Å². The second-order valence-electron chi connectivity index (χ2n) is 8.35. The van der Waals surface area contributed by atoms with E-state index in [9.17, 15) is 4.79 Å². The Kier molecular flexibility index (Phi) is 11.6. The number of allylic oxidation sites excluding steroid dienone is 8. The first kappa shape index (κ1) is 24.2. The van der Waals surface area contributed by atoms with Crippen molar-refractivity contribution in [2.24, 2.45) is 5.92 Å². The molecule has 1 aliphatic carbocycles. The predicted octanol–water partition coefficient (Wildman–Crippen LogP) is 7.64. The predicted molar refractivity (Wildman–Crippen MR) is 121 cm³/mol. The van der Waals surface area contributed by atoms with Crippen LogP contribution in [0.15, 0.2) is 58.7 Å². The Bertz CT molecular complexity index is 639. The second kappa shape index (κ2) is 13.4. The molecule has 0 spiro atoms. The molecule has 156 valence electrons. The van der Waals surface area contributed by atoms with Crippen LogP contribution in [-0.2, 0) is 9.53 Å². The van der Waals surface area contributed by atoms with Crippen LogP contribution in [-0.4, -0.2) is 13.1 Å². The Morgan fingerprint density at radius 1 is 1.11 bits per heavy atom. The van der Waals surface area contributed by atoms with Crippen LogP contribution in [0.4, 0.5) is 0 Å². The van der Waals surface area contributed by atoms with Gasteiger partial charge in [0.2, 0.25) is 0 Å². The standard InChI is InChI=1S/C26H40O2/c1-20(2)10-7-14-23(5)24-17-16-22(4)12-8-11-21(3)13-9-15-25(19-18-24)26(27)28-6/h10,12-13,19,24H,5,7-9,11,14-18H2,1-4,6H3. The van der Waals surface area contributed by atoms with E-state index in [4.69, 9.17) is 4.74 Å². The molecule has 0 N–H and O–H groups in total. The highest BCUT2D eigenvalue weighted by atomic mass is 16.5. The first-order valence-corrected chi connectivity index (χ1v) is 10.7. The average Bonchev–Trinajstić information content (AvgIpc) is 2.64. The minimum atomic E-state index is -0.192. The topological polar surface area (TPSA) is 26.3 Å². The lowest BCUT2D eigenvalue weighted by Gasteiger charge is -2.19. The number of hydrogen-bond acceptors (Lipinski definition) is 2. The minimum absolute atomic E-state index is 0.192. The van der Waals surface area contributed by atoms with Gasteiger partial charge in [0.25, 0.3) is 0 Å². The molecule has 0 fully saturated rings. The van der Waals surface area contributed by atoms with Gasteiger partial charge >= 0.3 is 5.97 Å². The number of rotatable bonds is 5. The maximum Gasteiger partial charge on any atom is 0.333 e. The zero-order chi connectivity index (χ0) is 20.9. The summed E-state index contributed by atoms with van der Waals surface area (Å²) < 4.78 is 5.02. The molecular formula is C26H40O2. The molecule has 0 saturated carbocycles. The quantitative estimate of drug-likeness (QED) is 0.359. The Morgan fingerprint density at radius 3 is 2.39 bits per heavy atom. The molecule has 0 heterocycles. The summed E-state index contributed by atoms with van der Waals surface area (Å²) in [5.74, 6) is 0.219. The Hall–Kier alpha value is -1.83. The summed E-state index contributed by atoms with van der Waals surface area (Å²) in [6.45, 7) is 13.1. The van der Waals surface area contributed by atoms with Gasteiger partial charge in [-0.25, -0.2) is 4.79 Å². The van der Waals surface area contributed by atoms with Crippen molar-refractivity contribution in [1.82, 2.24) is 0 Å². The minimum Gasteiger partial charge on any atom is -0.466 e. The van der Waals surface area contributed by atoms with E-state index >= 15 is 0 Å². The van der Waals surface area contributed by atoms with Crippen molar-refractivity contribution in [2.45, 2.75) is 85.5 Å². The fourth-order valence-electron chi connectivity index (χ4n) is 3.57. The highest BCUT2D eigenvalue weighted by Crippen LogP contribution is 2.28. The van der Waals surface area contributed by atoms with Crippen molar-refractivity contribution >= 4 is 5.97 Å². The largest absolute Gasteiger partial charge is 0.466 e. The molecule has 0 aromatic carbocycles. The van der Waals surface area contributed by atoms with Gasteiger partial charge in [-0.1, -0.05) is 53.2 Å². The molecule has 28 heavy (non-hydrogen) atoms. The molecule has 0 bridgehead atoms. The van der Waals surface area contributed by atoms with E-state index in [0.717, 1.165) is 63.4 Å². The van der Waals surface area contributed by atoms with E-state index in [2.05, 4.69) is 58.6 Å². The SMILES string of the molecule is C=C(CCC=C(C)C)C1CC=C(C(=O)OC)CCC=C(C)CCC=C(C)CC1. The van der Waals surface area contributed by atoms with Crippen LogP contribution >= 0.6 is 0 Å². The normalized spacial score (nSPS) is 19.5. The van der Waals surface area contributed by atoms with Crippen molar-refractivity contribution in [3.05, 3.63) is 58.7 Å². The van der Waals surface area contributed by atoms with E-state index in [0.29, 0.717) is 5.92 Å². The monoisotopic (exact) mass is 384 g/mol. The van der Waals surface area contributed by atoms with Gasteiger partial charge in [0.1, 0.15) is 0 Å². The van der Waals surface area contributed by atoms with Gasteiger partial charge in [-0.3, -0.25) is 0 Å². The van der Waals surface area contributed by atoms with Crippen LogP contribution in [0.5, 0.6) is 0 Å². The summed E-state index contributed by atoms with van der Waals surface area (Å²) in [7, 11) is 1.47. The molecule has 0 radical (unpaired) electrons. The summed E-state index contributed by atoms with van der Waals surface area (Å²) in [5.41, 5.74) is 6.32. The third kappa shape index (κ3) is 9.92. The fraction of sp³-hybridized carbons (Fsp3) is 0.577. The number of hydrogen-bond donors (Lipinski definition) is 0. The van der Waals surface area contributed by atoms with Crippen molar-refractivity contribution in [2.75, 3.05) is 7.11 Å². The molecule has 0 aromatic heterocycles. The van der Waals surface area contributed by atoms with Crippen molar-refractivity contribution in [3.8, 4) is 0 Å². The molecule has 2 nitrogen and oxygen atoms in total. The Morgan fingerprint density at radius 2 is 1.75 bits per heavy atom. The molecule has 0 saturated heterocycles. The number of esters is 1. The number of methoxy groups -OCH3 is 1. The van der Waals surface area contributed by atoms with Crippen LogP contribution in [0.1, 0.15) is 85.5 Å². The van der Waals surface area contributed by atoms with Crippen LogP contribution in [0, 0.1) is 5.92 Å². The average molecular weight is 385 g/mol.